The molecule has 0 saturated heterocycles. The largest absolute Gasteiger partial charge is 0.403 e. The maximum Gasteiger partial charge on any atom is 0.322 e. The summed E-state index contributed by atoms with van der Waals surface area (Å²) in [6.45, 7) is 2.03. The summed E-state index contributed by atoms with van der Waals surface area (Å²) in [5.41, 5.74) is 1.18. The number of amides is 1. The zero-order chi connectivity index (χ0) is 19.2. The molecule has 0 aliphatic carbocycles. The van der Waals surface area contributed by atoms with Crippen molar-refractivity contribution in [2.45, 2.75) is 24.7 Å². The lowest BCUT2D eigenvalue weighted by Gasteiger charge is -2.02. The Balaban J connectivity index is 1.47. The van der Waals surface area contributed by atoms with Crippen LogP contribution in [0.25, 0.3) is 11.5 Å². The summed E-state index contributed by atoms with van der Waals surface area (Å²) in [5.74, 6) is -1.11. The Bertz CT molecular complexity index is 929. The van der Waals surface area contributed by atoms with Crippen LogP contribution >= 0.6 is 11.8 Å². The zero-order valence-corrected chi connectivity index (χ0v) is 15.4. The first-order valence-corrected chi connectivity index (χ1v) is 9.28. The van der Waals surface area contributed by atoms with E-state index in [2.05, 4.69) is 27.6 Å². The maximum atomic E-state index is 13.7. The SMILES string of the molecule is Cc1ccc(SCCCC(=O)Nc2nnc(-c3ccc(F)cc3F)o2)cc1. The first kappa shape index (κ1) is 19.0. The van der Waals surface area contributed by atoms with Gasteiger partial charge in [0.25, 0.3) is 5.89 Å². The second kappa shape index (κ2) is 8.77. The Labute approximate surface area is 159 Å². The average Bonchev–Trinajstić information content (AvgIpc) is 3.08. The van der Waals surface area contributed by atoms with E-state index in [-0.39, 0.29) is 23.4 Å². The smallest absolute Gasteiger partial charge is 0.322 e. The van der Waals surface area contributed by atoms with Gasteiger partial charge in [0.1, 0.15) is 11.6 Å². The normalized spacial score (nSPS) is 10.8. The molecule has 1 amide bonds. The van der Waals surface area contributed by atoms with Gasteiger partial charge < -0.3 is 4.42 Å². The third-order valence-corrected chi connectivity index (χ3v) is 4.77. The van der Waals surface area contributed by atoms with Gasteiger partial charge in [-0.2, -0.15) is 0 Å². The molecule has 1 aromatic heterocycles. The molecule has 0 saturated carbocycles. The van der Waals surface area contributed by atoms with E-state index in [1.165, 1.54) is 11.6 Å². The lowest BCUT2D eigenvalue weighted by Crippen LogP contribution is -2.11. The van der Waals surface area contributed by atoms with Gasteiger partial charge in [0.05, 0.1) is 5.56 Å². The predicted molar refractivity (Wildman–Crippen MR) is 99.4 cm³/mol. The third kappa shape index (κ3) is 5.37. The van der Waals surface area contributed by atoms with Gasteiger partial charge in [0.15, 0.2) is 0 Å². The molecule has 0 aliphatic heterocycles. The van der Waals surface area contributed by atoms with Crippen molar-refractivity contribution < 1.29 is 18.0 Å². The molecule has 0 aliphatic rings. The number of aryl methyl sites for hydroxylation is 1. The minimum atomic E-state index is -0.815. The van der Waals surface area contributed by atoms with E-state index >= 15 is 0 Å². The lowest BCUT2D eigenvalue weighted by molar-refractivity contribution is -0.116. The van der Waals surface area contributed by atoms with Crippen LogP contribution in [-0.4, -0.2) is 21.9 Å². The highest BCUT2D eigenvalue weighted by Gasteiger charge is 2.15. The molecule has 3 rings (SSSR count). The fraction of sp³-hybridized carbons (Fsp3) is 0.211. The molecule has 140 valence electrons. The van der Waals surface area contributed by atoms with Crippen LogP contribution < -0.4 is 5.32 Å². The van der Waals surface area contributed by atoms with E-state index in [1.807, 2.05) is 19.1 Å². The fourth-order valence-corrected chi connectivity index (χ4v) is 3.14. The Hall–Kier alpha value is -2.74. The van der Waals surface area contributed by atoms with Gasteiger partial charge in [0.2, 0.25) is 5.91 Å². The second-order valence-electron chi connectivity index (χ2n) is 5.85. The molecule has 0 atom stereocenters. The van der Waals surface area contributed by atoms with Crippen molar-refractivity contribution in [3.8, 4) is 11.5 Å². The van der Waals surface area contributed by atoms with Crippen LogP contribution in [0.4, 0.5) is 14.8 Å². The number of thioether (sulfide) groups is 1. The summed E-state index contributed by atoms with van der Waals surface area (Å²) in [5, 5.41) is 9.83. The molecule has 1 heterocycles. The molecule has 0 spiro atoms. The summed E-state index contributed by atoms with van der Waals surface area (Å²) in [4.78, 5) is 13.1. The number of hydrogen-bond donors (Lipinski definition) is 1. The summed E-state index contributed by atoms with van der Waals surface area (Å²) in [7, 11) is 0. The number of halogens is 2. The van der Waals surface area contributed by atoms with Crippen LogP contribution in [0.1, 0.15) is 18.4 Å². The Morgan fingerprint density at radius 2 is 1.93 bits per heavy atom. The van der Waals surface area contributed by atoms with E-state index < -0.39 is 11.6 Å². The van der Waals surface area contributed by atoms with Crippen molar-refractivity contribution >= 4 is 23.7 Å². The Kier molecular flexibility index (Phi) is 6.18. The van der Waals surface area contributed by atoms with Gasteiger partial charge in [-0.15, -0.1) is 16.9 Å². The van der Waals surface area contributed by atoms with Crippen LogP contribution in [0.3, 0.4) is 0 Å². The number of aromatic nitrogens is 2. The molecule has 0 unspecified atom stereocenters. The van der Waals surface area contributed by atoms with E-state index in [0.717, 1.165) is 22.8 Å². The maximum absolute atomic E-state index is 13.7. The predicted octanol–water partition coefficient (Wildman–Crippen LogP) is 4.83. The quantitative estimate of drug-likeness (QED) is 0.463. The highest BCUT2D eigenvalue weighted by molar-refractivity contribution is 7.99. The number of carbonyl (C=O) groups is 1. The molecule has 5 nitrogen and oxygen atoms in total. The molecular formula is C19H17F2N3O2S. The van der Waals surface area contributed by atoms with Gasteiger partial charge in [-0.05, 0) is 43.4 Å². The first-order valence-electron chi connectivity index (χ1n) is 8.29. The number of anilines is 1. The van der Waals surface area contributed by atoms with Gasteiger partial charge in [0, 0.05) is 17.4 Å². The van der Waals surface area contributed by atoms with Crippen molar-refractivity contribution in [2.24, 2.45) is 0 Å². The molecule has 3 aromatic rings. The fourth-order valence-electron chi connectivity index (χ4n) is 2.28. The summed E-state index contributed by atoms with van der Waals surface area (Å²) in [6, 6.07) is 11.1. The molecule has 8 heteroatoms. The van der Waals surface area contributed by atoms with E-state index in [0.29, 0.717) is 12.8 Å². The Morgan fingerprint density at radius 3 is 2.67 bits per heavy atom. The molecule has 2 aromatic carbocycles. The number of nitrogens with one attached hydrogen (secondary N) is 1. The molecule has 0 radical (unpaired) electrons. The van der Waals surface area contributed by atoms with Gasteiger partial charge >= 0.3 is 6.01 Å². The number of carbonyl (C=O) groups excluding carboxylic acids is 1. The van der Waals surface area contributed by atoms with Crippen molar-refractivity contribution in [3.05, 3.63) is 59.7 Å². The zero-order valence-electron chi connectivity index (χ0n) is 14.5. The standard InChI is InChI=1S/C19H17F2N3O2S/c1-12-4-7-14(8-5-12)27-10-2-3-17(25)22-19-24-23-18(26-19)15-9-6-13(20)11-16(15)21/h4-9,11H,2-3,10H2,1H3,(H,22,24,25). The van der Waals surface area contributed by atoms with Gasteiger partial charge in [-0.1, -0.05) is 22.8 Å². The van der Waals surface area contributed by atoms with Gasteiger partial charge in [-0.3, -0.25) is 10.1 Å². The van der Waals surface area contributed by atoms with Crippen LogP contribution in [0, 0.1) is 18.6 Å². The van der Waals surface area contributed by atoms with Crippen LogP contribution in [0.2, 0.25) is 0 Å². The van der Waals surface area contributed by atoms with Crippen LogP contribution in [0.5, 0.6) is 0 Å². The van der Waals surface area contributed by atoms with Crippen LogP contribution in [0.15, 0.2) is 51.8 Å². The number of benzene rings is 2. The first-order chi connectivity index (χ1) is 13.0. The van der Waals surface area contributed by atoms with Crippen molar-refractivity contribution in [1.29, 1.82) is 0 Å². The van der Waals surface area contributed by atoms with Crippen molar-refractivity contribution in [2.75, 3.05) is 11.1 Å². The topological polar surface area (TPSA) is 68.0 Å². The molecule has 1 N–H and O–H groups in total. The molecular weight excluding hydrogens is 372 g/mol. The van der Waals surface area contributed by atoms with Crippen molar-refractivity contribution in [1.82, 2.24) is 10.2 Å². The number of rotatable bonds is 7. The molecule has 0 fully saturated rings. The summed E-state index contributed by atoms with van der Waals surface area (Å²) >= 11 is 1.68. The van der Waals surface area contributed by atoms with Gasteiger partial charge in [-0.25, -0.2) is 8.78 Å². The van der Waals surface area contributed by atoms with Crippen molar-refractivity contribution in [3.63, 3.8) is 0 Å². The lowest BCUT2D eigenvalue weighted by atomic mass is 10.2. The number of hydrogen-bond acceptors (Lipinski definition) is 5. The van der Waals surface area contributed by atoms with E-state index in [4.69, 9.17) is 4.42 Å². The minimum absolute atomic E-state index is 0.0288. The highest BCUT2D eigenvalue weighted by atomic mass is 32.2. The molecule has 0 bridgehead atoms. The van der Waals surface area contributed by atoms with Crippen LogP contribution in [-0.2, 0) is 4.79 Å². The average molecular weight is 389 g/mol. The molecule has 27 heavy (non-hydrogen) atoms. The third-order valence-electron chi connectivity index (χ3n) is 3.67. The minimum Gasteiger partial charge on any atom is -0.403 e. The second-order valence-corrected chi connectivity index (χ2v) is 7.02. The van der Waals surface area contributed by atoms with E-state index in [1.54, 1.807) is 11.8 Å². The van der Waals surface area contributed by atoms with E-state index in [9.17, 15) is 13.6 Å². The number of nitrogens with zero attached hydrogens (tertiary/aromatic N) is 2. The summed E-state index contributed by atoms with van der Waals surface area (Å²) < 4.78 is 31.9. The Morgan fingerprint density at radius 1 is 1.15 bits per heavy atom. The highest BCUT2D eigenvalue weighted by Crippen LogP contribution is 2.24. The monoisotopic (exact) mass is 389 g/mol. The summed E-state index contributed by atoms with van der Waals surface area (Å²) in [6.07, 6.45) is 0.972.